The first-order chi connectivity index (χ1) is 16.8. The van der Waals surface area contributed by atoms with E-state index in [1.807, 2.05) is 19.9 Å². The summed E-state index contributed by atoms with van der Waals surface area (Å²) in [6.45, 7) is 3.98. The highest BCUT2D eigenvalue weighted by molar-refractivity contribution is 7.17. The Balaban J connectivity index is 1.37. The molecule has 0 aromatic carbocycles. The molecule has 3 fully saturated rings. The van der Waals surface area contributed by atoms with Crippen molar-refractivity contribution in [3.63, 3.8) is 0 Å². The molecule has 2 aromatic rings. The molecule has 8 nitrogen and oxygen atoms in total. The number of amides is 2. The van der Waals surface area contributed by atoms with Crippen molar-refractivity contribution < 1.29 is 19.1 Å². The van der Waals surface area contributed by atoms with E-state index in [0.29, 0.717) is 10.7 Å². The van der Waals surface area contributed by atoms with E-state index < -0.39 is 23.6 Å². The van der Waals surface area contributed by atoms with E-state index >= 15 is 0 Å². The van der Waals surface area contributed by atoms with Crippen LogP contribution in [0, 0.1) is 19.8 Å². The van der Waals surface area contributed by atoms with Gasteiger partial charge >= 0.3 is 0 Å². The average molecular weight is 517 g/mol. The number of likely N-dealkylation sites (tertiary alicyclic amines) is 1. The normalized spacial score (nSPS) is 25.5. The maximum absolute atomic E-state index is 13.8. The van der Waals surface area contributed by atoms with Gasteiger partial charge in [-0.05, 0) is 44.7 Å². The smallest absolute Gasteiger partial charge is 0.262 e. The maximum Gasteiger partial charge on any atom is 0.262 e. The van der Waals surface area contributed by atoms with Crippen molar-refractivity contribution in [3.8, 4) is 10.4 Å². The van der Waals surface area contributed by atoms with Crippen LogP contribution in [0.3, 0.4) is 0 Å². The first kappa shape index (κ1) is 24.3. The third-order valence-electron chi connectivity index (χ3n) is 7.27. The number of aromatic nitrogens is 2. The molecule has 1 N–H and O–H groups in total. The molecule has 2 aromatic heterocycles. The topological polar surface area (TPSA) is 101 Å². The minimum atomic E-state index is -0.700. The van der Waals surface area contributed by atoms with Gasteiger partial charge in [0.05, 0.1) is 10.3 Å². The second kappa shape index (κ2) is 9.95. The van der Waals surface area contributed by atoms with Gasteiger partial charge in [0.25, 0.3) is 5.91 Å². The molecule has 35 heavy (non-hydrogen) atoms. The van der Waals surface area contributed by atoms with Crippen molar-refractivity contribution in [3.05, 3.63) is 34.7 Å². The molecule has 5 rings (SSSR count). The van der Waals surface area contributed by atoms with Crippen LogP contribution < -0.4 is 5.32 Å². The molecule has 4 heterocycles. The van der Waals surface area contributed by atoms with Crippen LogP contribution in [0.1, 0.15) is 53.3 Å². The Labute approximate surface area is 213 Å². The van der Waals surface area contributed by atoms with Crippen LogP contribution in [-0.4, -0.2) is 69.2 Å². The number of thiophene rings is 1. The number of nitrogens with zero attached hydrogens (tertiary/aromatic N) is 3. The molecule has 186 valence electrons. The minimum Gasteiger partial charge on any atom is -0.366 e. The fourth-order valence-electron chi connectivity index (χ4n) is 5.49. The molecule has 0 radical (unpaired) electrons. The van der Waals surface area contributed by atoms with Crippen LogP contribution in [0.5, 0.6) is 0 Å². The summed E-state index contributed by atoms with van der Waals surface area (Å²) in [6, 6.07) is 2.29. The Morgan fingerprint density at radius 2 is 2.00 bits per heavy atom. The van der Waals surface area contributed by atoms with Gasteiger partial charge in [-0.15, -0.1) is 22.9 Å². The van der Waals surface area contributed by atoms with Crippen molar-refractivity contribution in [2.75, 3.05) is 13.2 Å². The van der Waals surface area contributed by atoms with Crippen molar-refractivity contribution in [1.29, 1.82) is 0 Å². The third kappa shape index (κ3) is 4.73. The van der Waals surface area contributed by atoms with Gasteiger partial charge in [0.1, 0.15) is 30.6 Å². The third-order valence-corrected chi connectivity index (χ3v) is 8.78. The number of carbonyl (C=O) groups excluding carboxylic acids is 3. The number of Topliss-reactive ketones (excluding diaryl/α,β-unsaturated/α-hetero) is 1. The number of nitrogens with one attached hydrogen (secondary N) is 1. The molecule has 2 aliphatic heterocycles. The first-order valence-corrected chi connectivity index (χ1v) is 13.4. The number of hydrogen-bond donors (Lipinski definition) is 1. The number of alkyl halides is 1. The molecule has 4 unspecified atom stereocenters. The lowest BCUT2D eigenvalue weighted by molar-refractivity contribution is -0.139. The molecule has 1 aliphatic carbocycles. The van der Waals surface area contributed by atoms with Gasteiger partial charge in [-0.1, -0.05) is 19.3 Å². The summed E-state index contributed by atoms with van der Waals surface area (Å²) in [5.41, 5.74) is 1.74. The lowest BCUT2D eigenvalue weighted by atomic mass is 9.83. The molecule has 2 saturated heterocycles. The summed E-state index contributed by atoms with van der Waals surface area (Å²) >= 11 is 7.78. The lowest BCUT2D eigenvalue weighted by Gasteiger charge is -2.34. The molecule has 1 saturated carbocycles. The Morgan fingerprint density at radius 3 is 2.74 bits per heavy atom. The van der Waals surface area contributed by atoms with Crippen molar-refractivity contribution in [2.45, 2.75) is 69.5 Å². The number of ether oxygens (including phenoxy) is 1. The van der Waals surface area contributed by atoms with E-state index in [0.717, 1.165) is 48.2 Å². The van der Waals surface area contributed by atoms with Gasteiger partial charge in [-0.2, -0.15) is 0 Å². The Hall–Kier alpha value is -2.36. The first-order valence-electron chi connectivity index (χ1n) is 12.1. The fraction of sp³-hybridized carbons (Fsp3) is 0.560. The summed E-state index contributed by atoms with van der Waals surface area (Å²) in [4.78, 5) is 51.2. The zero-order valence-electron chi connectivity index (χ0n) is 19.8. The lowest BCUT2D eigenvalue weighted by Crippen LogP contribution is -2.55. The second-order valence-electron chi connectivity index (χ2n) is 9.62. The highest BCUT2D eigenvalue weighted by atomic mass is 35.5. The van der Waals surface area contributed by atoms with E-state index in [1.54, 1.807) is 17.2 Å². The van der Waals surface area contributed by atoms with Crippen LogP contribution in [0.2, 0.25) is 0 Å². The van der Waals surface area contributed by atoms with Gasteiger partial charge < -0.3 is 15.0 Å². The molecule has 2 amide bonds. The SMILES string of the molecule is Cc1ncc(-c2ccc(C(=O)NC(C(=O)N3CC(Cl)C4OCC(=O)C43)C3CCCCC3)s2)c(C)n1. The van der Waals surface area contributed by atoms with Crippen LogP contribution in [0.4, 0.5) is 0 Å². The van der Waals surface area contributed by atoms with Gasteiger partial charge in [-0.3, -0.25) is 14.4 Å². The molecule has 4 atom stereocenters. The van der Waals surface area contributed by atoms with Crippen LogP contribution in [-0.2, 0) is 14.3 Å². The Kier molecular flexibility index (Phi) is 6.92. The largest absolute Gasteiger partial charge is 0.366 e. The summed E-state index contributed by atoms with van der Waals surface area (Å²) in [6.07, 6.45) is 6.19. The van der Waals surface area contributed by atoms with Crippen LogP contribution in [0.25, 0.3) is 10.4 Å². The number of carbonyl (C=O) groups is 3. The highest BCUT2D eigenvalue weighted by Crippen LogP contribution is 2.34. The highest BCUT2D eigenvalue weighted by Gasteiger charge is 2.53. The van der Waals surface area contributed by atoms with Crippen molar-refractivity contribution in [1.82, 2.24) is 20.2 Å². The van der Waals surface area contributed by atoms with Gasteiger partial charge in [0.15, 0.2) is 5.78 Å². The van der Waals surface area contributed by atoms with E-state index in [-0.39, 0.29) is 36.7 Å². The van der Waals surface area contributed by atoms with E-state index in [2.05, 4.69) is 15.3 Å². The van der Waals surface area contributed by atoms with Crippen LogP contribution in [0.15, 0.2) is 18.3 Å². The van der Waals surface area contributed by atoms with Gasteiger partial charge in [0, 0.05) is 28.9 Å². The van der Waals surface area contributed by atoms with Gasteiger partial charge in [-0.25, -0.2) is 9.97 Å². The number of fused-ring (bicyclic) bond motifs is 1. The molecular formula is C25H29ClN4O4S. The predicted octanol–water partition coefficient (Wildman–Crippen LogP) is 3.29. The standard InChI is InChI=1S/C25H29ClN4O4S/c1-13-16(10-27-14(2)28-13)19-8-9-20(35-19)24(32)29-21(15-6-4-3-5-7-15)25(33)30-11-17(26)23-22(30)18(31)12-34-23/h8-10,15,17,21-23H,3-7,11-12H2,1-2H3,(H,29,32). The monoisotopic (exact) mass is 516 g/mol. The summed E-state index contributed by atoms with van der Waals surface area (Å²) in [7, 11) is 0. The van der Waals surface area contributed by atoms with Crippen molar-refractivity contribution >= 4 is 40.5 Å². The number of aryl methyl sites for hydroxylation is 2. The molecule has 3 aliphatic rings. The predicted molar refractivity (Wildman–Crippen MR) is 133 cm³/mol. The minimum absolute atomic E-state index is 0.0249. The average Bonchev–Trinajstić information content (AvgIpc) is 3.56. The zero-order chi connectivity index (χ0) is 24.7. The van der Waals surface area contributed by atoms with Crippen LogP contribution >= 0.6 is 22.9 Å². The summed E-state index contributed by atoms with van der Waals surface area (Å²) < 4.78 is 5.55. The summed E-state index contributed by atoms with van der Waals surface area (Å²) in [5.74, 6) is 0.0744. The quantitative estimate of drug-likeness (QED) is 0.612. The molecular weight excluding hydrogens is 488 g/mol. The van der Waals surface area contributed by atoms with E-state index in [4.69, 9.17) is 16.3 Å². The maximum atomic E-state index is 13.8. The van der Waals surface area contributed by atoms with Gasteiger partial charge in [0.2, 0.25) is 5.91 Å². The fourth-order valence-corrected chi connectivity index (χ4v) is 6.82. The van der Waals surface area contributed by atoms with Crippen molar-refractivity contribution in [2.24, 2.45) is 5.92 Å². The number of halogens is 1. The second-order valence-corrected chi connectivity index (χ2v) is 11.3. The molecule has 0 spiro atoms. The number of ketones is 1. The van der Waals surface area contributed by atoms with E-state index in [1.165, 1.54) is 11.3 Å². The summed E-state index contributed by atoms with van der Waals surface area (Å²) in [5, 5.41) is 2.60. The Morgan fingerprint density at radius 1 is 1.23 bits per heavy atom. The number of rotatable bonds is 5. The molecule has 0 bridgehead atoms. The molecule has 10 heteroatoms. The zero-order valence-corrected chi connectivity index (χ0v) is 21.4. The Bertz CT molecular complexity index is 1150. The van der Waals surface area contributed by atoms with E-state index in [9.17, 15) is 14.4 Å². The number of hydrogen-bond acceptors (Lipinski definition) is 7.